The molecule has 2 N–H and O–H groups in total. The molecule has 1 aromatic rings. The Hall–Kier alpha value is -1.14. The third-order valence-electron chi connectivity index (χ3n) is 9.46. The van der Waals surface area contributed by atoms with Crippen molar-refractivity contribution < 1.29 is 0 Å². The van der Waals surface area contributed by atoms with Crippen LogP contribution in [-0.2, 0) is 11.5 Å². The molecule has 0 aromatic heterocycles. The van der Waals surface area contributed by atoms with E-state index < -0.39 is 0 Å². The first-order chi connectivity index (χ1) is 19.8. The lowest BCUT2D eigenvalue weighted by Gasteiger charge is -2.26. The molecule has 40 heavy (non-hydrogen) atoms. The van der Waals surface area contributed by atoms with Gasteiger partial charge in [0.05, 0.1) is 12.1 Å². The number of hydrogen-bond donors (Lipinski definition) is 2. The molecule has 6 heteroatoms. The van der Waals surface area contributed by atoms with Crippen LogP contribution >= 0.6 is 23.5 Å². The molecule has 1 aromatic carbocycles. The molecule has 0 unspecified atom stereocenters. The fourth-order valence-corrected chi connectivity index (χ4v) is 9.05. The summed E-state index contributed by atoms with van der Waals surface area (Å²) in [4.78, 5) is 10.6. The molecule has 222 valence electrons. The monoisotopic (exact) mass is 582 g/mol. The summed E-state index contributed by atoms with van der Waals surface area (Å²) in [6.07, 6.45) is 26.6. The summed E-state index contributed by atoms with van der Waals surface area (Å²) in [7, 11) is 0. The van der Waals surface area contributed by atoms with E-state index in [1.165, 1.54) is 150 Å². The molecular weight excluding hydrogens is 529 g/mol. The molecule has 0 atom stereocenters. The van der Waals surface area contributed by atoms with Gasteiger partial charge in [-0.05, 0) is 62.5 Å². The first-order valence-electron chi connectivity index (χ1n) is 16.8. The minimum atomic E-state index is 0.516. The second-order valence-electron chi connectivity index (χ2n) is 12.8. The number of benzene rings is 1. The zero-order chi connectivity index (χ0) is 27.2. The maximum absolute atomic E-state index is 5.31. The summed E-state index contributed by atoms with van der Waals surface area (Å²) in [5.74, 6) is 1.99. The van der Waals surface area contributed by atoms with E-state index in [9.17, 15) is 0 Å². The molecule has 4 aliphatic rings. The lowest BCUT2D eigenvalue weighted by Crippen LogP contribution is -2.35. The van der Waals surface area contributed by atoms with Gasteiger partial charge in [0.15, 0.2) is 10.3 Å². The van der Waals surface area contributed by atoms with Crippen LogP contribution in [0.5, 0.6) is 0 Å². The molecule has 0 amide bonds. The van der Waals surface area contributed by atoms with Crippen LogP contribution in [0.1, 0.15) is 140 Å². The predicted molar refractivity (Wildman–Crippen MR) is 178 cm³/mol. The summed E-state index contributed by atoms with van der Waals surface area (Å²) in [6, 6.07) is 11.4. The summed E-state index contributed by atoms with van der Waals surface area (Å²) in [6.45, 7) is 0. The van der Waals surface area contributed by atoms with E-state index in [4.69, 9.17) is 9.98 Å². The number of nitrogens with one attached hydrogen (secondary N) is 2. The van der Waals surface area contributed by atoms with Gasteiger partial charge in [-0.15, -0.1) is 0 Å². The Morgan fingerprint density at radius 1 is 0.525 bits per heavy atom. The summed E-state index contributed by atoms with van der Waals surface area (Å²) in [5, 5.41) is 10.2. The predicted octanol–water partition coefficient (Wildman–Crippen LogP) is 9.38. The zero-order valence-electron chi connectivity index (χ0n) is 24.9. The van der Waals surface area contributed by atoms with Crippen molar-refractivity contribution in [3.63, 3.8) is 0 Å². The standard InChI is InChI=1S/C34H54N4S2/c1-5-17-29(18-6-1)35-33(36-30-19-7-2-8-20-30)39-25-27-15-13-14-16-28(27)26-40-34(37-31-21-9-3-10-22-31)38-32-23-11-4-12-24-32/h13-16,29-32H,1-12,17-26H2,(H,35,36)(H,37,38). The molecule has 0 radical (unpaired) electrons. The Morgan fingerprint density at radius 2 is 0.875 bits per heavy atom. The van der Waals surface area contributed by atoms with E-state index in [0.717, 1.165) is 11.5 Å². The quantitative estimate of drug-likeness (QED) is 0.237. The normalized spacial score (nSPS) is 23.3. The molecule has 0 aliphatic heterocycles. The second kappa shape index (κ2) is 17.1. The number of aliphatic imine (C=N–C) groups is 2. The first kappa shape index (κ1) is 30.3. The summed E-state index contributed by atoms with van der Waals surface area (Å²) < 4.78 is 0. The van der Waals surface area contributed by atoms with Crippen LogP contribution in [0.25, 0.3) is 0 Å². The van der Waals surface area contributed by atoms with E-state index >= 15 is 0 Å². The van der Waals surface area contributed by atoms with E-state index in [-0.39, 0.29) is 0 Å². The Morgan fingerprint density at radius 3 is 1.25 bits per heavy atom. The molecule has 5 rings (SSSR count). The van der Waals surface area contributed by atoms with Crippen molar-refractivity contribution in [1.29, 1.82) is 0 Å². The van der Waals surface area contributed by atoms with Crippen LogP contribution in [0, 0.1) is 0 Å². The van der Waals surface area contributed by atoms with Crippen molar-refractivity contribution in [3.8, 4) is 0 Å². The van der Waals surface area contributed by atoms with Gasteiger partial charge < -0.3 is 10.6 Å². The minimum absolute atomic E-state index is 0.516. The van der Waals surface area contributed by atoms with Gasteiger partial charge in [0, 0.05) is 23.6 Å². The molecule has 0 bridgehead atoms. The first-order valence-corrected chi connectivity index (χ1v) is 18.8. The number of rotatable bonds is 8. The molecule has 0 spiro atoms. The van der Waals surface area contributed by atoms with E-state index in [1.54, 1.807) is 0 Å². The molecule has 0 saturated heterocycles. The van der Waals surface area contributed by atoms with Gasteiger partial charge in [-0.1, -0.05) is 125 Å². The van der Waals surface area contributed by atoms with Gasteiger partial charge in [0.2, 0.25) is 0 Å². The second-order valence-corrected chi connectivity index (χ2v) is 14.7. The average Bonchev–Trinajstić information content (AvgIpc) is 3.01. The van der Waals surface area contributed by atoms with Crippen LogP contribution < -0.4 is 10.6 Å². The highest BCUT2D eigenvalue weighted by molar-refractivity contribution is 8.13. The van der Waals surface area contributed by atoms with Gasteiger partial charge in [0.1, 0.15) is 0 Å². The largest absolute Gasteiger partial charge is 0.362 e. The van der Waals surface area contributed by atoms with E-state index in [0.29, 0.717) is 24.2 Å². The van der Waals surface area contributed by atoms with Gasteiger partial charge in [-0.2, -0.15) is 0 Å². The Kier molecular flexibility index (Phi) is 13.0. The maximum Gasteiger partial charge on any atom is 0.157 e. The number of thioether (sulfide) groups is 2. The van der Waals surface area contributed by atoms with Crippen molar-refractivity contribution in [2.75, 3.05) is 0 Å². The van der Waals surface area contributed by atoms with Gasteiger partial charge in [0.25, 0.3) is 0 Å². The highest BCUT2D eigenvalue weighted by atomic mass is 32.2. The Labute approximate surface area is 253 Å². The Balaban J connectivity index is 1.23. The Bertz CT molecular complexity index is 849. The van der Waals surface area contributed by atoms with Crippen LogP contribution in [0.2, 0.25) is 0 Å². The average molecular weight is 583 g/mol. The van der Waals surface area contributed by atoms with Crippen LogP contribution in [0.4, 0.5) is 0 Å². The van der Waals surface area contributed by atoms with Crippen molar-refractivity contribution in [2.24, 2.45) is 9.98 Å². The van der Waals surface area contributed by atoms with E-state index in [2.05, 4.69) is 34.9 Å². The molecule has 4 fully saturated rings. The van der Waals surface area contributed by atoms with Crippen LogP contribution in [0.3, 0.4) is 0 Å². The van der Waals surface area contributed by atoms with Gasteiger partial charge in [-0.25, -0.2) is 0 Å². The summed E-state index contributed by atoms with van der Waals surface area (Å²) >= 11 is 3.90. The number of nitrogens with zero attached hydrogens (tertiary/aromatic N) is 2. The van der Waals surface area contributed by atoms with Crippen LogP contribution in [-0.4, -0.2) is 34.5 Å². The molecule has 0 heterocycles. The molecule has 4 nitrogen and oxygen atoms in total. The molecule has 4 saturated carbocycles. The third kappa shape index (κ3) is 10.3. The van der Waals surface area contributed by atoms with Crippen molar-refractivity contribution in [2.45, 2.75) is 164 Å². The maximum atomic E-state index is 5.31. The number of hydrogen-bond acceptors (Lipinski definition) is 4. The fraction of sp³-hybridized carbons (Fsp3) is 0.765. The van der Waals surface area contributed by atoms with E-state index in [1.807, 2.05) is 23.5 Å². The molecule has 4 aliphatic carbocycles. The third-order valence-corrected chi connectivity index (χ3v) is 11.4. The zero-order valence-corrected chi connectivity index (χ0v) is 26.5. The van der Waals surface area contributed by atoms with Crippen molar-refractivity contribution in [1.82, 2.24) is 10.6 Å². The van der Waals surface area contributed by atoms with Gasteiger partial charge >= 0.3 is 0 Å². The lowest BCUT2D eigenvalue weighted by atomic mass is 9.95. The highest BCUT2D eigenvalue weighted by Gasteiger charge is 2.20. The van der Waals surface area contributed by atoms with Crippen molar-refractivity contribution in [3.05, 3.63) is 35.4 Å². The molecular formula is C34H54N4S2. The lowest BCUT2D eigenvalue weighted by molar-refractivity contribution is 0.410. The summed E-state index contributed by atoms with van der Waals surface area (Å²) in [5.41, 5.74) is 2.91. The van der Waals surface area contributed by atoms with Crippen LogP contribution in [0.15, 0.2) is 34.3 Å². The minimum Gasteiger partial charge on any atom is -0.362 e. The van der Waals surface area contributed by atoms with Gasteiger partial charge in [-0.3, -0.25) is 9.98 Å². The number of amidine groups is 2. The topological polar surface area (TPSA) is 48.8 Å². The fourth-order valence-electron chi connectivity index (χ4n) is 6.96. The SMILES string of the molecule is c1ccc(CS/C(=N/C2CCCCC2)NC2CCCCC2)c(CS/C(=N/C2CCCCC2)NC2CCCCC2)c1. The smallest absolute Gasteiger partial charge is 0.157 e. The van der Waals surface area contributed by atoms with Crippen molar-refractivity contribution >= 4 is 33.9 Å². The highest BCUT2D eigenvalue weighted by Crippen LogP contribution is 2.28.